The molecule has 1 aliphatic heterocycles. The van der Waals surface area contributed by atoms with Gasteiger partial charge in [0.2, 0.25) is 0 Å². The van der Waals surface area contributed by atoms with Gasteiger partial charge in [-0.15, -0.1) is 0 Å². The van der Waals surface area contributed by atoms with E-state index in [1.54, 1.807) is 0 Å². The van der Waals surface area contributed by atoms with Gasteiger partial charge < -0.3 is 4.90 Å². The van der Waals surface area contributed by atoms with Crippen molar-refractivity contribution in [2.75, 3.05) is 13.1 Å². The Morgan fingerprint density at radius 2 is 1.89 bits per heavy atom. The molecule has 0 aromatic carbocycles. The minimum absolute atomic E-state index is 0.994. The van der Waals surface area contributed by atoms with Gasteiger partial charge in [0, 0.05) is 6.04 Å². The van der Waals surface area contributed by atoms with Crippen LogP contribution in [0.25, 0.3) is 0 Å². The van der Waals surface area contributed by atoms with Gasteiger partial charge in [0.1, 0.15) is 0 Å². The summed E-state index contributed by atoms with van der Waals surface area (Å²) in [6, 6.07) is 0.994. The first-order valence-electron chi connectivity index (χ1n) is 4.10. The van der Waals surface area contributed by atoms with Crippen molar-refractivity contribution in [1.29, 1.82) is 0 Å². The second-order valence-corrected chi connectivity index (χ2v) is 3.62. The van der Waals surface area contributed by atoms with Crippen molar-refractivity contribution >= 4 is 0 Å². The molecule has 0 spiro atoms. The van der Waals surface area contributed by atoms with Crippen LogP contribution in [0, 0.1) is 5.92 Å². The zero-order valence-electron chi connectivity index (χ0n) is 6.14. The molecular weight excluding hydrogens is 110 g/mol. The van der Waals surface area contributed by atoms with Gasteiger partial charge in [0.15, 0.2) is 0 Å². The van der Waals surface area contributed by atoms with Crippen LogP contribution in [0.5, 0.6) is 0 Å². The van der Waals surface area contributed by atoms with Crippen LogP contribution >= 0.6 is 0 Å². The van der Waals surface area contributed by atoms with E-state index >= 15 is 0 Å². The Labute approximate surface area is 57.0 Å². The highest BCUT2D eigenvalue weighted by atomic mass is 15.2. The zero-order valence-corrected chi connectivity index (χ0v) is 6.14. The maximum absolute atomic E-state index is 2.62. The molecule has 9 heavy (non-hydrogen) atoms. The van der Waals surface area contributed by atoms with E-state index in [1.807, 2.05) is 0 Å². The molecule has 0 atom stereocenters. The second-order valence-electron chi connectivity index (χ2n) is 3.62. The smallest absolute Gasteiger partial charge is 0.0100 e. The molecule has 0 aromatic rings. The second kappa shape index (κ2) is 1.98. The summed E-state index contributed by atoms with van der Waals surface area (Å²) in [7, 11) is 0. The van der Waals surface area contributed by atoms with Crippen molar-refractivity contribution in [3.05, 3.63) is 0 Å². The molecule has 2 aliphatic rings. The molecule has 0 unspecified atom stereocenters. The van der Waals surface area contributed by atoms with Gasteiger partial charge in [0.25, 0.3) is 0 Å². The lowest BCUT2D eigenvalue weighted by atomic mass is 9.80. The maximum atomic E-state index is 2.62. The first-order valence-corrected chi connectivity index (χ1v) is 4.10. The fraction of sp³-hybridized carbons (Fsp3) is 1.00. The largest absolute Gasteiger partial charge is 0.300 e. The minimum Gasteiger partial charge on any atom is -0.300 e. The van der Waals surface area contributed by atoms with Crippen LogP contribution in [0.1, 0.15) is 26.2 Å². The van der Waals surface area contributed by atoms with E-state index in [4.69, 9.17) is 0 Å². The predicted molar refractivity (Wildman–Crippen MR) is 38.4 cm³/mol. The molecule has 1 aliphatic carbocycles. The fourth-order valence-electron chi connectivity index (χ4n) is 1.86. The molecule has 1 heteroatoms. The molecule has 2 fully saturated rings. The van der Waals surface area contributed by atoms with E-state index in [9.17, 15) is 0 Å². The summed E-state index contributed by atoms with van der Waals surface area (Å²) >= 11 is 0. The van der Waals surface area contributed by atoms with Gasteiger partial charge in [-0.1, -0.05) is 6.92 Å². The number of hydrogen-bond acceptors (Lipinski definition) is 1. The van der Waals surface area contributed by atoms with Crippen LogP contribution in [0.2, 0.25) is 0 Å². The standard InChI is InChI=1S/C8H15N/c1-7-5-8(6-7)9-3-2-4-9/h7-8H,2-6H2,1H3. The Bertz CT molecular complexity index is 101. The topological polar surface area (TPSA) is 3.24 Å². The van der Waals surface area contributed by atoms with Gasteiger partial charge in [-0.05, 0) is 38.3 Å². The van der Waals surface area contributed by atoms with E-state index in [-0.39, 0.29) is 0 Å². The first-order chi connectivity index (χ1) is 4.36. The highest BCUT2D eigenvalue weighted by Crippen LogP contribution is 2.33. The molecule has 52 valence electrons. The van der Waals surface area contributed by atoms with E-state index in [0.717, 1.165) is 12.0 Å². The van der Waals surface area contributed by atoms with Gasteiger partial charge in [-0.2, -0.15) is 0 Å². The lowest BCUT2D eigenvalue weighted by molar-refractivity contribution is 0.0376. The highest BCUT2D eigenvalue weighted by molar-refractivity contribution is 4.88. The van der Waals surface area contributed by atoms with Gasteiger partial charge in [-0.3, -0.25) is 0 Å². The van der Waals surface area contributed by atoms with Crippen molar-refractivity contribution in [3.63, 3.8) is 0 Å². The molecule has 1 saturated carbocycles. The predicted octanol–water partition coefficient (Wildman–Crippen LogP) is 1.49. The van der Waals surface area contributed by atoms with E-state index in [1.165, 1.54) is 32.4 Å². The highest BCUT2D eigenvalue weighted by Gasteiger charge is 2.32. The SMILES string of the molecule is CC1CC(N2CCC2)C1. The van der Waals surface area contributed by atoms with Crippen LogP contribution in [0.4, 0.5) is 0 Å². The van der Waals surface area contributed by atoms with Gasteiger partial charge >= 0.3 is 0 Å². The van der Waals surface area contributed by atoms with Crippen molar-refractivity contribution in [3.8, 4) is 0 Å². The Hall–Kier alpha value is -0.0400. The van der Waals surface area contributed by atoms with Crippen LogP contribution in [0.15, 0.2) is 0 Å². The van der Waals surface area contributed by atoms with Crippen LogP contribution < -0.4 is 0 Å². The molecule has 2 rings (SSSR count). The van der Waals surface area contributed by atoms with E-state index < -0.39 is 0 Å². The lowest BCUT2D eigenvalue weighted by Gasteiger charge is -2.46. The molecule has 0 radical (unpaired) electrons. The average Bonchev–Trinajstić information content (AvgIpc) is 1.57. The normalized spacial score (nSPS) is 43.7. The van der Waals surface area contributed by atoms with Gasteiger partial charge in [-0.25, -0.2) is 0 Å². The van der Waals surface area contributed by atoms with Crippen molar-refractivity contribution in [2.24, 2.45) is 5.92 Å². The molecule has 1 saturated heterocycles. The third-order valence-electron chi connectivity index (χ3n) is 2.76. The number of rotatable bonds is 1. The Kier molecular flexibility index (Phi) is 1.26. The minimum atomic E-state index is 0.994. The van der Waals surface area contributed by atoms with Crippen LogP contribution in [-0.2, 0) is 0 Å². The molecule has 0 N–H and O–H groups in total. The zero-order chi connectivity index (χ0) is 6.27. The Morgan fingerprint density at radius 3 is 2.22 bits per heavy atom. The molecular formula is C8H15N. The summed E-state index contributed by atoms with van der Waals surface area (Å²) in [4.78, 5) is 2.62. The monoisotopic (exact) mass is 125 g/mol. The van der Waals surface area contributed by atoms with E-state index in [0.29, 0.717) is 0 Å². The van der Waals surface area contributed by atoms with E-state index in [2.05, 4.69) is 11.8 Å². The summed E-state index contributed by atoms with van der Waals surface area (Å²) in [6.45, 7) is 5.13. The first kappa shape index (κ1) is 5.72. The van der Waals surface area contributed by atoms with Crippen LogP contribution in [0.3, 0.4) is 0 Å². The van der Waals surface area contributed by atoms with Crippen molar-refractivity contribution in [1.82, 2.24) is 4.90 Å². The third-order valence-corrected chi connectivity index (χ3v) is 2.76. The van der Waals surface area contributed by atoms with Crippen molar-refractivity contribution < 1.29 is 0 Å². The molecule has 0 bridgehead atoms. The number of hydrogen-bond donors (Lipinski definition) is 0. The summed E-state index contributed by atoms with van der Waals surface area (Å²) < 4.78 is 0. The lowest BCUT2D eigenvalue weighted by Crippen LogP contribution is -2.50. The third kappa shape index (κ3) is 0.877. The summed E-state index contributed by atoms with van der Waals surface area (Å²) in [6.07, 6.45) is 4.39. The number of likely N-dealkylation sites (tertiary alicyclic amines) is 1. The Balaban J connectivity index is 1.75. The van der Waals surface area contributed by atoms with Gasteiger partial charge in [0.05, 0.1) is 0 Å². The Morgan fingerprint density at radius 1 is 1.22 bits per heavy atom. The summed E-state index contributed by atoms with van der Waals surface area (Å²) in [5, 5.41) is 0. The molecule has 0 amide bonds. The quantitative estimate of drug-likeness (QED) is 0.513. The molecule has 0 aromatic heterocycles. The maximum Gasteiger partial charge on any atom is 0.0100 e. The summed E-state index contributed by atoms with van der Waals surface area (Å²) in [5.74, 6) is 1.02. The summed E-state index contributed by atoms with van der Waals surface area (Å²) in [5.41, 5.74) is 0. The molecule has 1 heterocycles. The molecule has 1 nitrogen and oxygen atoms in total. The van der Waals surface area contributed by atoms with Crippen LogP contribution in [-0.4, -0.2) is 24.0 Å². The fourth-order valence-corrected chi connectivity index (χ4v) is 1.86. The van der Waals surface area contributed by atoms with Crippen molar-refractivity contribution in [2.45, 2.75) is 32.2 Å². The number of nitrogens with zero attached hydrogens (tertiary/aromatic N) is 1. The average molecular weight is 125 g/mol.